The van der Waals surface area contributed by atoms with Crippen LogP contribution in [0.1, 0.15) is 133 Å². The SMILES string of the molecule is CCCCCCCCCCOc1ccc(-c2cc(C(=O)/C=C(\O)c3ccc(OCCCCCCCCCC)cc3O)no2)cc1. The smallest absolute Gasteiger partial charge is 0.211 e. The molecule has 0 spiro atoms. The molecule has 3 rings (SSSR count). The Kier molecular flexibility index (Phi) is 16.7. The standard InChI is InChI=1S/C38H53NO6/c1-3-5-7-9-11-13-15-17-25-43-31-21-19-30(20-22-31)38-28-34(39-45-38)37(42)29-36(41)33-24-23-32(27-35(33)40)44-26-18-16-14-12-10-8-6-4-2/h19-24,27-29,40-41H,3-18,25-26H2,1-2H3/b36-29-. The highest BCUT2D eigenvalue weighted by molar-refractivity contribution is 6.07. The number of benzene rings is 2. The van der Waals surface area contributed by atoms with Gasteiger partial charge in [-0.25, -0.2) is 0 Å². The number of rotatable bonds is 24. The monoisotopic (exact) mass is 619 g/mol. The largest absolute Gasteiger partial charge is 0.507 e. The van der Waals surface area contributed by atoms with E-state index in [4.69, 9.17) is 14.0 Å². The molecule has 0 aliphatic heterocycles. The number of aliphatic hydroxyl groups is 1. The van der Waals surface area contributed by atoms with Crippen LogP contribution in [0, 0.1) is 0 Å². The zero-order valence-corrected chi connectivity index (χ0v) is 27.4. The average Bonchev–Trinajstić information content (AvgIpc) is 3.54. The minimum Gasteiger partial charge on any atom is -0.507 e. The summed E-state index contributed by atoms with van der Waals surface area (Å²) in [6, 6.07) is 13.7. The van der Waals surface area contributed by atoms with Crippen LogP contribution in [0.4, 0.5) is 0 Å². The summed E-state index contributed by atoms with van der Waals surface area (Å²) in [5.41, 5.74) is 0.944. The van der Waals surface area contributed by atoms with E-state index < -0.39 is 5.78 Å². The van der Waals surface area contributed by atoms with Gasteiger partial charge in [-0.05, 0) is 49.2 Å². The zero-order valence-electron chi connectivity index (χ0n) is 27.4. The van der Waals surface area contributed by atoms with Gasteiger partial charge < -0.3 is 24.2 Å². The van der Waals surface area contributed by atoms with Gasteiger partial charge in [0.1, 0.15) is 23.0 Å². The molecule has 2 N–H and O–H groups in total. The van der Waals surface area contributed by atoms with Gasteiger partial charge in [0.15, 0.2) is 11.5 Å². The van der Waals surface area contributed by atoms with Gasteiger partial charge in [0, 0.05) is 23.8 Å². The van der Waals surface area contributed by atoms with Gasteiger partial charge in [-0.1, -0.05) is 109 Å². The number of allylic oxidation sites excluding steroid dienone is 1. The second-order valence-electron chi connectivity index (χ2n) is 11.8. The van der Waals surface area contributed by atoms with Crippen LogP contribution in [0.2, 0.25) is 0 Å². The number of nitrogens with zero attached hydrogens (tertiary/aromatic N) is 1. The predicted octanol–water partition coefficient (Wildman–Crippen LogP) is 10.9. The molecular formula is C38H53NO6. The Morgan fingerprint density at radius 3 is 1.78 bits per heavy atom. The van der Waals surface area contributed by atoms with Crippen molar-refractivity contribution < 1.29 is 29.0 Å². The van der Waals surface area contributed by atoms with E-state index in [1.165, 1.54) is 102 Å². The fourth-order valence-corrected chi connectivity index (χ4v) is 5.19. The molecule has 7 nitrogen and oxygen atoms in total. The summed E-state index contributed by atoms with van der Waals surface area (Å²) in [6.07, 6.45) is 20.8. The Morgan fingerprint density at radius 1 is 0.711 bits per heavy atom. The number of hydrogen-bond donors (Lipinski definition) is 2. The van der Waals surface area contributed by atoms with Gasteiger partial charge >= 0.3 is 0 Å². The normalized spacial score (nSPS) is 11.6. The predicted molar refractivity (Wildman–Crippen MR) is 181 cm³/mol. The maximum atomic E-state index is 12.8. The molecule has 0 saturated heterocycles. The Labute approximate surface area is 269 Å². The first-order valence-electron chi connectivity index (χ1n) is 17.1. The molecule has 0 aliphatic carbocycles. The van der Waals surface area contributed by atoms with E-state index in [0.717, 1.165) is 36.7 Å². The lowest BCUT2D eigenvalue weighted by Crippen LogP contribution is -1.99. The summed E-state index contributed by atoms with van der Waals surface area (Å²) >= 11 is 0. The first kappa shape index (κ1) is 35.7. The molecular weight excluding hydrogens is 566 g/mol. The first-order valence-corrected chi connectivity index (χ1v) is 17.1. The third-order valence-corrected chi connectivity index (χ3v) is 7.95. The highest BCUT2D eigenvalue weighted by Crippen LogP contribution is 2.29. The van der Waals surface area contributed by atoms with Gasteiger partial charge in [-0.15, -0.1) is 0 Å². The summed E-state index contributed by atoms with van der Waals surface area (Å²) in [5.74, 6) is 0.660. The van der Waals surface area contributed by atoms with Crippen LogP contribution >= 0.6 is 0 Å². The Bertz CT molecular complexity index is 1280. The van der Waals surface area contributed by atoms with Crippen LogP contribution in [0.25, 0.3) is 17.1 Å². The van der Waals surface area contributed by atoms with E-state index in [2.05, 4.69) is 19.0 Å². The molecule has 0 saturated carbocycles. The van der Waals surface area contributed by atoms with Gasteiger partial charge in [-0.2, -0.15) is 0 Å². The van der Waals surface area contributed by atoms with Gasteiger partial charge in [0.2, 0.25) is 5.78 Å². The van der Waals surface area contributed by atoms with Crippen LogP contribution in [0.15, 0.2) is 59.1 Å². The molecule has 45 heavy (non-hydrogen) atoms. The number of ketones is 1. The summed E-state index contributed by atoms with van der Waals surface area (Å²) in [6.45, 7) is 5.72. The van der Waals surface area contributed by atoms with Crippen molar-refractivity contribution in [1.29, 1.82) is 0 Å². The topological polar surface area (TPSA) is 102 Å². The van der Waals surface area contributed by atoms with Crippen molar-refractivity contribution in [1.82, 2.24) is 5.16 Å². The number of carbonyl (C=O) groups excluding carboxylic acids is 1. The molecule has 2 aromatic carbocycles. The Balaban J connectivity index is 1.42. The van der Waals surface area contributed by atoms with Crippen molar-refractivity contribution in [2.24, 2.45) is 0 Å². The number of hydrogen-bond acceptors (Lipinski definition) is 7. The van der Waals surface area contributed by atoms with Gasteiger partial charge in [0.25, 0.3) is 0 Å². The Morgan fingerprint density at radius 2 is 1.22 bits per heavy atom. The summed E-state index contributed by atoms with van der Waals surface area (Å²) < 4.78 is 17.0. The van der Waals surface area contributed by atoms with E-state index >= 15 is 0 Å². The molecule has 0 aliphatic rings. The highest BCUT2D eigenvalue weighted by atomic mass is 16.5. The number of aliphatic hydroxyl groups excluding tert-OH is 1. The summed E-state index contributed by atoms with van der Waals surface area (Å²) in [5, 5.41) is 24.9. The minimum atomic E-state index is -0.540. The van der Waals surface area contributed by atoms with Gasteiger partial charge in [0.05, 0.1) is 18.8 Å². The number of ether oxygens (including phenoxy) is 2. The average molecular weight is 620 g/mol. The first-order chi connectivity index (χ1) is 22.0. The number of carbonyl (C=O) groups is 1. The Hall–Kier alpha value is -3.74. The lowest BCUT2D eigenvalue weighted by molar-refractivity contribution is 0.103. The van der Waals surface area contributed by atoms with Gasteiger partial charge in [-0.3, -0.25) is 4.79 Å². The minimum absolute atomic E-state index is 0.0522. The van der Waals surface area contributed by atoms with Crippen molar-refractivity contribution in [3.63, 3.8) is 0 Å². The second kappa shape index (κ2) is 21.1. The van der Waals surface area contributed by atoms with Crippen molar-refractivity contribution in [2.75, 3.05) is 13.2 Å². The lowest BCUT2D eigenvalue weighted by Gasteiger charge is -2.09. The second-order valence-corrected chi connectivity index (χ2v) is 11.8. The van der Waals surface area contributed by atoms with Crippen LogP contribution in [-0.2, 0) is 0 Å². The molecule has 0 fully saturated rings. The van der Waals surface area contributed by atoms with Crippen molar-refractivity contribution in [3.8, 4) is 28.6 Å². The van der Waals surface area contributed by atoms with E-state index in [1.807, 2.05) is 24.3 Å². The summed E-state index contributed by atoms with van der Waals surface area (Å²) in [7, 11) is 0. The molecule has 0 atom stereocenters. The molecule has 246 valence electrons. The third-order valence-electron chi connectivity index (χ3n) is 7.95. The molecule has 1 heterocycles. The van der Waals surface area contributed by atoms with Crippen molar-refractivity contribution in [2.45, 2.75) is 117 Å². The molecule has 7 heteroatoms. The quantitative estimate of drug-likeness (QED) is 0.0445. The van der Waals surface area contributed by atoms with Crippen molar-refractivity contribution in [3.05, 3.63) is 65.9 Å². The lowest BCUT2D eigenvalue weighted by atomic mass is 10.1. The van der Waals surface area contributed by atoms with Crippen LogP contribution in [0.3, 0.4) is 0 Å². The molecule has 0 bridgehead atoms. The molecule has 3 aromatic rings. The van der Waals surface area contributed by atoms with Crippen molar-refractivity contribution >= 4 is 11.5 Å². The summed E-state index contributed by atoms with van der Waals surface area (Å²) in [4.78, 5) is 12.8. The molecule has 1 aromatic heterocycles. The van der Waals surface area contributed by atoms with E-state index in [-0.39, 0.29) is 22.8 Å². The maximum Gasteiger partial charge on any atom is 0.211 e. The molecule has 0 radical (unpaired) electrons. The maximum absolute atomic E-state index is 12.8. The number of aromatic nitrogens is 1. The van der Waals surface area contributed by atoms with Crippen LogP contribution in [0.5, 0.6) is 17.2 Å². The van der Waals surface area contributed by atoms with E-state index in [0.29, 0.717) is 24.7 Å². The molecule has 0 unspecified atom stereocenters. The molecule has 0 amide bonds. The van der Waals surface area contributed by atoms with Crippen LogP contribution < -0.4 is 9.47 Å². The highest BCUT2D eigenvalue weighted by Gasteiger charge is 2.15. The van der Waals surface area contributed by atoms with E-state index in [9.17, 15) is 15.0 Å². The number of aromatic hydroxyl groups is 1. The number of unbranched alkanes of at least 4 members (excludes halogenated alkanes) is 14. The zero-order chi connectivity index (χ0) is 32.1. The van der Waals surface area contributed by atoms with E-state index in [1.54, 1.807) is 6.07 Å². The third kappa shape index (κ3) is 13.4. The number of phenolic OH excluding ortho intramolecular Hbond substituents is 1. The fourth-order valence-electron chi connectivity index (χ4n) is 5.19. The number of phenols is 1. The fraction of sp³-hybridized carbons (Fsp3) is 0.526. The van der Waals surface area contributed by atoms with Crippen LogP contribution in [-0.4, -0.2) is 34.4 Å².